The summed E-state index contributed by atoms with van der Waals surface area (Å²) in [6.07, 6.45) is -0.488. The van der Waals surface area contributed by atoms with E-state index in [0.717, 1.165) is 0 Å². The van der Waals surface area contributed by atoms with Crippen LogP contribution in [-0.4, -0.2) is 37.2 Å². The molecule has 1 fully saturated rings. The Balaban J connectivity index is 2.57. The van der Waals surface area contributed by atoms with E-state index in [0.29, 0.717) is 13.2 Å². The van der Waals surface area contributed by atoms with Gasteiger partial charge in [0.05, 0.1) is 13.7 Å². The van der Waals surface area contributed by atoms with Gasteiger partial charge in [-0.05, 0) is 6.92 Å². The maximum Gasteiger partial charge on any atom is 0.411 e. The third kappa shape index (κ3) is 1.49. The fourth-order valence-corrected chi connectivity index (χ4v) is 0.956. The van der Waals surface area contributed by atoms with E-state index < -0.39 is 12.1 Å². The van der Waals surface area contributed by atoms with Crippen molar-refractivity contribution in [2.75, 3.05) is 20.3 Å². The van der Waals surface area contributed by atoms with Gasteiger partial charge in [-0.3, -0.25) is 4.90 Å². The molecule has 0 atom stereocenters. The fraction of sp³-hybridized carbons (Fsp3) is 0.571. The number of hydrogen-bond donors (Lipinski definition) is 0. The highest BCUT2D eigenvalue weighted by atomic mass is 16.6. The number of hydrogen-bond acceptors (Lipinski definition) is 4. The van der Waals surface area contributed by atoms with E-state index in [9.17, 15) is 9.59 Å². The van der Waals surface area contributed by atoms with Crippen LogP contribution in [0.2, 0.25) is 0 Å². The SMILES string of the molecule is COC(=O)[C](C)N1CCOC1=O. The largest absolute Gasteiger partial charge is 0.467 e. The van der Waals surface area contributed by atoms with Crippen molar-refractivity contribution in [2.24, 2.45) is 0 Å². The van der Waals surface area contributed by atoms with Crippen molar-refractivity contribution < 1.29 is 19.1 Å². The van der Waals surface area contributed by atoms with Crippen molar-refractivity contribution in [2.45, 2.75) is 6.92 Å². The number of methoxy groups -OCH3 is 1. The predicted molar refractivity (Wildman–Crippen MR) is 39.0 cm³/mol. The van der Waals surface area contributed by atoms with E-state index in [2.05, 4.69) is 9.47 Å². The molecule has 1 radical (unpaired) electrons. The van der Waals surface area contributed by atoms with Crippen molar-refractivity contribution in [1.29, 1.82) is 0 Å². The first-order valence-corrected chi connectivity index (χ1v) is 3.53. The lowest BCUT2D eigenvalue weighted by Crippen LogP contribution is -2.33. The van der Waals surface area contributed by atoms with Gasteiger partial charge in [0.2, 0.25) is 0 Å². The summed E-state index contributed by atoms with van der Waals surface area (Å²) in [7, 11) is 1.27. The van der Waals surface area contributed by atoms with Crippen LogP contribution in [0, 0.1) is 6.04 Å². The molecule has 5 heteroatoms. The van der Waals surface area contributed by atoms with E-state index >= 15 is 0 Å². The highest BCUT2D eigenvalue weighted by molar-refractivity contribution is 5.88. The molecule has 0 spiro atoms. The third-order valence-corrected chi connectivity index (χ3v) is 1.65. The first-order chi connectivity index (χ1) is 5.66. The lowest BCUT2D eigenvalue weighted by Gasteiger charge is -2.17. The summed E-state index contributed by atoms with van der Waals surface area (Å²) in [5.74, 6) is -0.506. The molecule has 0 aromatic heterocycles. The van der Waals surface area contributed by atoms with E-state index in [1.165, 1.54) is 18.9 Å². The summed E-state index contributed by atoms with van der Waals surface area (Å²) in [5, 5.41) is 0. The second kappa shape index (κ2) is 3.42. The van der Waals surface area contributed by atoms with Crippen LogP contribution in [0.25, 0.3) is 0 Å². The number of esters is 1. The minimum Gasteiger partial charge on any atom is -0.467 e. The Morgan fingerprint density at radius 2 is 2.33 bits per heavy atom. The summed E-state index contributed by atoms with van der Waals surface area (Å²) < 4.78 is 9.09. The van der Waals surface area contributed by atoms with Crippen LogP contribution < -0.4 is 0 Å². The molecule has 1 amide bonds. The zero-order valence-corrected chi connectivity index (χ0v) is 6.99. The molecular formula is C7H10NO4. The molecule has 1 heterocycles. The lowest BCUT2D eigenvalue weighted by atomic mass is 10.3. The van der Waals surface area contributed by atoms with Crippen LogP contribution in [0.15, 0.2) is 0 Å². The second-order valence-corrected chi connectivity index (χ2v) is 2.34. The van der Waals surface area contributed by atoms with Gasteiger partial charge in [0, 0.05) is 0 Å². The quantitative estimate of drug-likeness (QED) is 0.557. The Labute approximate surface area is 70.2 Å². The number of nitrogens with zero attached hydrogens (tertiary/aromatic N) is 1. The molecular weight excluding hydrogens is 162 g/mol. The Kier molecular flexibility index (Phi) is 2.52. The maximum atomic E-state index is 10.9. The lowest BCUT2D eigenvalue weighted by molar-refractivity contribution is -0.140. The molecule has 12 heavy (non-hydrogen) atoms. The summed E-state index contributed by atoms with van der Waals surface area (Å²) in [6.45, 7) is 2.27. The average Bonchev–Trinajstić information content (AvgIpc) is 2.48. The van der Waals surface area contributed by atoms with Crippen molar-refractivity contribution >= 4 is 12.1 Å². The van der Waals surface area contributed by atoms with Crippen LogP contribution in [-0.2, 0) is 14.3 Å². The standard InChI is InChI=1S/C7H10NO4/c1-5(6(9)11-2)8-3-4-12-7(8)10/h3-4H2,1-2H3. The molecule has 67 valence electrons. The van der Waals surface area contributed by atoms with Crippen LogP contribution in [0.3, 0.4) is 0 Å². The van der Waals surface area contributed by atoms with Gasteiger partial charge in [0.25, 0.3) is 0 Å². The molecule has 0 N–H and O–H groups in total. The van der Waals surface area contributed by atoms with Crippen molar-refractivity contribution in [3.63, 3.8) is 0 Å². The van der Waals surface area contributed by atoms with Gasteiger partial charge in [-0.25, -0.2) is 9.59 Å². The highest BCUT2D eigenvalue weighted by Crippen LogP contribution is 2.14. The highest BCUT2D eigenvalue weighted by Gasteiger charge is 2.32. The van der Waals surface area contributed by atoms with E-state index in [-0.39, 0.29) is 6.04 Å². The molecule has 1 saturated heterocycles. The monoisotopic (exact) mass is 172 g/mol. The molecule has 1 aliphatic rings. The average molecular weight is 172 g/mol. The zero-order valence-electron chi connectivity index (χ0n) is 6.99. The van der Waals surface area contributed by atoms with Crippen molar-refractivity contribution in [1.82, 2.24) is 4.90 Å². The molecule has 1 rings (SSSR count). The fourth-order valence-electron chi connectivity index (χ4n) is 0.956. The molecule has 5 nitrogen and oxygen atoms in total. The number of ether oxygens (including phenoxy) is 2. The second-order valence-electron chi connectivity index (χ2n) is 2.34. The number of cyclic esters (lactones) is 1. The first kappa shape index (κ1) is 8.83. The third-order valence-electron chi connectivity index (χ3n) is 1.65. The van der Waals surface area contributed by atoms with Gasteiger partial charge < -0.3 is 9.47 Å². The van der Waals surface area contributed by atoms with Crippen molar-refractivity contribution in [3.05, 3.63) is 6.04 Å². The number of carbonyl (C=O) groups is 2. The number of carbonyl (C=O) groups excluding carboxylic acids is 2. The van der Waals surface area contributed by atoms with Gasteiger partial charge >= 0.3 is 12.1 Å². The first-order valence-electron chi connectivity index (χ1n) is 3.53. The molecule has 0 aromatic rings. The Morgan fingerprint density at radius 1 is 1.67 bits per heavy atom. The number of amides is 1. The van der Waals surface area contributed by atoms with Crippen molar-refractivity contribution in [3.8, 4) is 0 Å². The van der Waals surface area contributed by atoms with E-state index in [1.54, 1.807) is 0 Å². The molecule has 1 aliphatic heterocycles. The molecule has 0 aromatic carbocycles. The predicted octanol–water partition coefficient (Wildman–Crippen LogP) is 0.163. The van der Waals surface area contributed by atoms with Crippen LogP contribution in [0.5, 0.6) is 0 Å². The summed E-state index contributed by atoms with van der Waals surface area (Å²) in [6, 6.07) is 0.264. The van der Waals surface area contributed by atoms with Crippen LogP contribution in [0.1, 0.15) is 6.92 Å². The van der Waals surface area contributed by atoms with Gasteiger partial charge in [0.1, 0.15) is 6.61 Å². The van der Waals surface area contributed by atoms with E-state index in [1.807, 2.05) is 0 Å². The molecule has 0 bridgehead atoms. The zero-order chi connectivity index (χ0) is 9.14. The van der Waals surface area contributed by atoms with Crippen LogP contribution >= 0.6 is 0 Å². The Hall–Kier alpha value is -1.26. The summed E-state index contributed by atoms with van der Waals surface area (Å²) in [4.78, 5) is 23.1. The summed E-state index contributed by atoms with van der Waals surface area (Å²) in [5.41, 5.74) is 0. The molecule has 0 saturated carbocycles. The smallest absolute Gasteiger partial charge is 0.411 e. The Morgan fingerprint density at radius 3 is 2.75 bits per heavy atom. The maximum absolute atomic E-state index is 10.9. The minimum atomic E-state index is -0.506. The van der Waals surface area contributed by atoms with Crippen LogP contribution in [0.4, 0.5) is 4.79 Å². The van der Waals surface area contributed by atoms with E-state index in [4.69, 9.17) is 0 Å². The summed E-state index contributed by atoms with van der Waals surface area (Å²) >= 11 is 0. The normalized spacial score (nSPS) is 16.6. The Bertz CT molecular complexity index is 204. The van der Waals surface area contributed by atoms with Gasteiger partial charge in [-0.2, -0.15) is 0 Å². The molecule has 0 aliphatic carbocycles. The van der Waals surface area contributed by atoms with Gasteiger partial charge in [-0.1, -0.05) is 0 Å². The minimum absolute atomic E-state index is 0.264. The van der Waals surface area contributed by atoms with Gasteiger partial charge in [-0.15, -0.1) is 0 Å². The molecule has 0 unspecified atom stereocenters. The number of rotatable bonds is 2. The topological polar surface area (TPSA) is 55.8 Å². The van der Waals surface area contributed by atoms with Gasteiger partial charge in [0.15, 0.2) is 6.04 Å².